The van der Waals surface area contributed by atoms with E-state index in [0.717, 1.165) is 0 Å². The first-order valence-corrected chi connectivity index (χ1v) is 7.02. The molecule has 0 amide bonds. The molecular formula is C18H23N2+. The number of anilines is 1. The fourth-order valence-corrected chi connectivity index (χ4v) is 1.98. The number of rotatable bonds is 4. The van der Waals surface area contributed by atoms with Crippen molar-refractivity contribution < 1.29 is 4.57 Å². The van der Waals surface area contributed by atoms with E-state index in [2.05, 4.69) is 98.4 Å². The highest BCUT2D eigenvalue weighted by Crippen LogP contribution is 2.14. The van der Waals surface area contributed by atoms with Crippen LogP contribution in [0.3, 0.4) is 0 Å². The Labute approximate surface area is 122 Å². The van der Waals surface area contributed by atoms with Crippen LogP contribution in [0.2, 0.25) is 0 Å². The van der Waals surface area contributed by atoms with E-state index in [-0.39, 0.29) is 0 Å². The summed E-state index contributed by atoms with van der Waals surface area (Å²) in [6.07, 6.45) is 8.54. The Balaban J connectivity index is 2.08. The third-order valence-electron chi connectivity index (χ3n) is 3.35. The van der Waals surface area contributed by atoms with Gasteiger partial charge in [0.15, 0.2) is 18.4 Å². The molecule has 0 unspecified atom stereocenters. The van der Waals surface area contributed by atoms with Crippen LogP contribution in [0.25, 0.3) is 12.2 Å². The molecule has 0 fully saturated rings. The zero-order chi connectivity index (χ0) is 14.5. The van der Waals surface area contributed by atoms with Crippen molar-refractivity contribution in [2.45, 2.75) is 19.9 Å². The lowest BCUT2D eigenvalue weighted by molar-refractivity contribution is -0.716. The maximum absolute atomic E-state index is 2.20. The van der Waals surface area contributed by atoms with Crippen molar-refractivity contribution in [1.29, 1.82) is 0 Å². The fourth-order valence-electron chi connectivity index (χ4n) is 1.98. The van der Waals surface area contributed by atoms with Crippen LogP contribution in [0, 0.1) is 0 Å². The summed E-state index contributed by atoms with van der Waals surface area (Å²) in [7, 11) is 4.11. The summed E-state index contributed by atoms with van der Waals surface area (Å²) < 4.78 is 2.20. The minimum atomic E-state index is 0.506. The molecule has 20 heavy (non-hydrogen) atoms. The SMILES string of the molecule is CC(C)[n+]1ccc(/C=C/c2ccc(N(C)C)cc2)cc1. The average molecular weight is 267 g/mol. The Morgan fingerprint density at radius 1 is 0.850 bits per heavy atom. The summed E-state index contributed by atoms with van der Waals surface area (Å²) in [5, 5.41) is 0. The summed E-state index contributed by atoms with van der Waals surface area (Å²) in [4.78, 5) is 2.11. The molecular weight excluding hydrogens is 244 g/mol. The molecule has 0 radical (unpaired) electrons. The summed E-state index contributed by atoms with van der Waals surface area (Å²) in [5.74, 6) is 0. The van der Waals surface area contributed by atoms with E-state index in [1.807, 2.05) is 0 Å². The topological polar surface area (TPSA) is 7.12 Å². The van der Waals surface area contributed by atoms with Crippen molar-refractivity contribution in [3.63, 3.8) is 0 Å². The van der Waals surface area contributed by atoms with Gasteiger partial charge >= 0.3 is 0 Å². The highest BCUT2D eigenvalue weighted by Gasteiger charge is 2.03. The highest BCUT2D eigenvalue weighted by atomic mass is 15.1. The number of nitrogens with zero attached hydrogens (tertiary/aromatic N) is 2. The molecule has 0 spiro atoms. The van der Waals surface area contributed by atoms with Gasteiger partial charge in [0.2, 0.25) is 0 Å². The molecule has 1 aromatic heterocycles. The minimum Gasteiger partial charge on any atom is -0.378 e. The fraction of sp³-hybridized carbons (Fsp3) is 0.278. The van der Waals surface area contributed by atoms with Gasteiger partial charge in [0.1, 0.15) is 0 Å². The van der Waals surface area contributed by atoms with E-state index in [9.17, 15) is 0 Å². The Bertz CT molecular complexity index is 510. The van der Waals surface area contributed by atoms with Gasteiger partial charge in [0.25, 0.3) is 0 Å². The maximum atomic E-state index is 2.20. The lowest BCUT2D eigenvalue weighted by Gasteiger charge is -2.11. The highest BCUT2D eigenvalue weighted by molar-refractivity contribution is 5.70. The molecule has 104 valence electrons. The third kappa shape index (κ3) is 3.70. The molecule has 0 atom stereocenters. The second-order valence-corrected chi connectivity index (χ2v) is 5.49. The van der Waals surface area contributed by atoms with Crippen molar-refractivity contribution >= 4 is 17.8 Å². The van der Waals surface area contributed by atoms with Crippen LogP contribution >= 0.6 is 0 Å². The largest absolute Gasteiger partial charge is 0.378 e. The molecule has 1 aromatic carbocycles. The van der Waals surface area contributed by atoms with Crippen molar-refractivity contribution in [2.75, 3.05) is 19.0 Å². The Kier molecular flexibility index (Phi) is 4.57. The first kappa shape index (κ1) is 14.3. The maximum Gasteiger partial charge on any atom is 0.169 e. The van der Waals surface area contributed by atoms with E-state index < -0.39 is 0 Å². The van der Waals surface area contributed by atoms with Crippen LogP contribution in [0.1, 0.15) is 31.0 Å². The predicted octanol–water partition coefficient (Wildman–Crippen LogP) is 3.79. The molecule has 0 saturated heterocycles. The van der Waals surface area contributed by atoms with E-state index in [1.54, 1.807) is 0 Å². The average Bonchev–Trinajstić information content (AvgIpc) is 2.46. The van der Waals surface area contributed by atoms with Gasteiger partial charge < -0.3 is 4.90 Å². The zero-order valence-corrected chi connectivity index (χ0v) is 12.7. The molecule has 0 aliphatic heterocycles. The number of pyridine rings is 1. The van der Waals surface area contributed by atoms with Crippen LogP contribution in [0.5, 0.6) is 0 Å². The third-order valence-corrected chi connectivity index (χ3v) is 3.35. The Morgan fingerprint density at radius 3 is 1.80 bits per heavy atom. The predicted molar refractivity (Wildman–Crippen MR) is 86.7 cm³/mol. The Morgan fingerprint density at radius 2 is 1.35 bits per heavy atom. The molecule has 2 nitrogen and oxygen atoms in total. The first-order chi connectivity index (χ1) is 9.56. The van der Waals surface area contributed by atoms with Gasteiger partial charge in [-0.1, -0.05) is 24.3 Å². The minimum absolute atomic E-state index is 0.506. The number of aromatic nitrogens is 1. The quantitative estimate of drug-likeness (QED) is 0.764. The van der Waals surface area contributed by atoms with E-state index in [1.165, 1.54) is 16.8 Å². The lowest BCUT2D eigenvalue weighted by atomic mass is 10.1. The van der Waals surface area contributed by atoms with Gasteiger partial charge in [-0.3, -0.25) is 0 Å². The van der Waals surface area contributed by atoms with Crippen molar-refractivity contribution in [3.05, 3.63) is 59.9 Å². The van der Waals surface area contributed by atoms with Crippen LogP contribution < -0.4 is 9.47 Å². The Hall–Kier alpha value is -2.09. The molecule has 2 rings (SSSR count). The summed E-state index contributed by atoms with van der Waals surface area (Å²) in [6.45, 7) is 4.36. The summed E-state index contributed by atoms with van der Waals surface area (Å²) in [5.41, 5.74) is 3.66. The van der Waals surface area contributed by atoms with Crippen LogP contribution in [0.15, 0.2) is 48.8 Å². The molecule has 0 saturated carbocycles. The van der Waals surface area contributed by atoms with Crippen LogP contribution in [0.4, 0.5) is 5.69 Å². The van der Waals surface area contributed by atoms with Crippen molar-refractivity contribution in [2.24, 2.45) is 0 Å². The zero-order valence-electron chi connectivity index (χ0n) is 12.7. The second-order valence-electron chi connectivity index (χ2n) is 5.49. The summed E-state index contributed by atoms with van der Waals surface area (Å²) >= 11 is 0. The van der Waals surface area contributed by atoms with Crippen LogP contribution in [-0.4, -0.2) is 14.1 Å². The van der Waals surface area contributed by atoms with Gasteiger partial charge in [-0.2, -0.15) is 0 Å². The molecule has 2 heteroatoms. The normalized spacial score (nSPS) is 11.2. The van der Waals surface area contributed by atoms with E-state index in [4.69, 9.17) is 0 Å². The molecule has 2 aromatic rings. The van der Waals surface area contributed by atoms with E-state index >= 15 is 0 Å². The standard InChI is InChI=1S/C18H23N2/c1-15(2)20-13-11-17(12-14-20)6-5-16-7-9-18(10-8-16)19(3)4/h5-15H,1-4H3/q+1. The number of hydrogen-bond donors (Lipinski definition) is 0. The van der Waals surface area contributed by atoms with Gasteiger partial charge in [0, 0.05) is 31.9 Å². The number of hydrogen-bond acceptors (Lipinski definition) is 1. The van der Waals surface area contributed by atoms with Gasteiger partial charge in [-0.25, -0.2) is 4.57 Å². The first-order valence-electron chi connectivity index (χ1n) is 7.02. The van der Waals surface area contributed by atoms with Gasteiger partial charge in [-0.05, 0) is 37.1 Å². The monoisotopic (exact) mass is 267 g/mol. The molecule has 0 bridgehead atoms. The lowest BCUT2D eigenvalue weighted by Crippen LogP contribution is -2.34. The smallest absolute Gasteiger partial charge is 0.169 e. The molecule has 1 heterocycles. The van der Waals surface area contributed by atoms with Crippen molar-refractivity contribution in [3.8, 4) is 0 Å². The molecule has 0 N–H and O–H groups in total. The second kappa shape index (κ2) is 6.38. The number of benzene rings is 1. The van der Waals surface area contributed by atoms with E-state index in [0.29, 0.717) is 6.04 Å². The van der Waals surface area contributed by atoms with Gasteiger partial charge in [-0.15, -0.1) is 0 Å². The molecule has 0 aliphatic rings. The van der Waals surface area contributed by atoms with Crippen LogP contribution in [-0.2, 0) is 0 Å². The van der Waals surface area contributed by atoms with Crippen molar-refractivity contribution in [1.82, 2.24) is 0 Å². The van der Waals surface area contributed by atoms with Gasteiger partial charge in [0.05, 0.1) is 0 Å². The molecule has 0 aliphatic carbocycles. The summed E-state index contributed by atoms with van der Waals surface area (Å²) in [6, 6.07) is 13.3.